The van der Waals surface area contributed by atoms with E-state index in [1.807, 2.05) is 12.2 Å². The zero-order valence-electron chi connectivity index (χ0n) is 5.85. The maximum atomic E-state index is 5.03. The summed E-state index contributed by atoms with van der Waals surface area (Å²) < 4.78 is 5.03. The molecule has 0 aliphatic heterocycles. The van der Waals surface area contributed by atoms with Crippen LogP contribution in [0.3, 0.4) is 0 Å². The van der Waals surface area contributed by atoms with Gasteiger partial charge in [0.25, 0.3) is 0 Å². The summed E-state index contributed by atoms with van der Waals surface area (Å²) in [6, 6.07) is 0.458. The van der Waals surface area contributed by atoms with Crippen LogP contribution in [0.1, 0.15) is 13.8 Å². The van der Waals surface area contributed by atoms with Crippen molar-refractivity contribution in [3.8, 4) is 0 Å². The first kappa shape index (κ1) is 7.92. The van der Waals surface area contributed by atoms with Crippen LogP contribution in [0, 0.1) is 7.05 Å². The molecule has 2 N–H and O–H groups in total. The molecule has 0 fully saturated rings. The molecule has 0 aromatic carbocycles. The Hall–Kier alpha value is -0.0800. The highest BCUT2D eigenvalue weighted by Gasteiger charge is 2.07. The van der Waals surface area contributed by atoms with E-state index < -0.39 is 0 Å². The first-order valence-electron chi connectivity index (χ1n) is 2.87. The molecule has 0 saturated heterocycles. The molecule has 0 aliphatic rings. The first-order valence-corrected chi connectivity index (χ1v) is 2.87. The number of ether oxygens (including phenoxy) is 1. The molecule has 0 radical (unpaired) electrons. The summed E-state index contributed by atoms with van der Waals surface area (Å²) in [5, 5.41) is 1.90. The van der Waals surface area contributed by atoms with Crippen molar-refractivity contribution in [3.05, 3.63) is 7.05 Å². The quantitative estimate of drug-likeness (QED) is 0.507. The van der Waals surface area contributed by atoms with Gasteiger partial charge in [0.1, 0.15) is 6.10 Å². The lowest BCUT2D eigenvalue weighted by Crippen LogP contribution is -2.85. The zero-order chi connectivity index (χ0) is 6.57. The molecule has 0 amide bonds. The second-order valence-electron chi connectivity index (χ2n) is 2.04. The van der Waals surface area contributed by atoms with Crippen molar-refractivity contribution in [2.75, 3.05) is 7.11 Å². The van der Waals surface area contributed by atoms with Gasteiger partial charge in [-0.15, -0.1) is 0 Å². The van der Waals surface area contributed by atoms with E-state index in [1.165, 1.54) is 0 Å². The molecule has 0 aromatic heterocycles. The molecule has 8 heavy (non-hydrogen) atoms. The van der Waals surface area contributed by atoms with Crippen molar-refractivity contribution < 1.29 is 10.1 Å². The van der Waals surface area contributed by atoms with Crippen LogP contribution in [0.5, 0.6) is 0 Å². The molecule has 0 saturated carbocycles. The van der Waals surface area contributed by atoms with E-state index in [1.54, 1.807) is 7.11 Å². The molecule has 2 unspecified atom stereocenters. The average Bonchev–Trinajstić information content (AvgIpc) is 1.84. The summed E-state index contributed by atoms with van der Waals surface area (Å²) in [6.07, 6.45) is 0.299. The third kappa shape index (κ3) is 2.28. The van der Waals surface area contributed by atoms with Gasteiger partial charge in [0, 0.05) is 7.11 Å². The highest BCUT2D eigenvalue weighted by atomic mass is 16.5. The predicted octanol–water partition coefficient (Wildman–Crippen LogP) is -0.235. The summed E-state index contributed by atoms with van der Waals surface area (Å²) in [4.78, 5) is 0. The zero-order valence-corrected chi connectivity index (χ0v) is 5.85. The van der Waals surface area contributed by atoms with Crippen LogP contribution < -0.4 is 5.32 Å². The normalized spacial score (nSPS) is 18.0. The standard InChI is InChI=1S/C6H15NO/c1-5(7-3)6(2)8-4/h5-6H,3,7H2,1-2,4H3. The largest absolute Gasteiger partial charge is 0.474 e. The van der Waals surface area contributed by atoms with E-state index in [4.69, 9.17) is 4.74 Å². The highest BCUT2D eigenvalue weighted by Crippen LogP contribution is 1.88. The molecular formula is C6H15NO. The minimum absolute atomic E-state index is 0.299. The fraction of sp³-hybridized carbons (Fsp3) is 0.833. The molecule has 0 spiro atoms. The monoisotopic (exact) mass is 117 g/mol. The third-order valence-corrected chi connectivity index (χ3v) is 1.48. The van der Waals surface area contributed by atoms with Gasteiger partial charge in [-0.25, -0.2) is 0 Å². The SMILES string of the molecule is [CH2-][NH2+]C(C)C(C)OC. The lowest BCUT2D eigenvalue weighted by atomic mass is 10.2. The molecule has 50 valence electrons. The van der Waals surface area contributed by atoms with E-state index in [0.29, 0.717) is 12.1 Å². The van der Waals surface area contributed by atoms with Crippen molar-refractivity contribution in [1.29, 1.82) is 0 Å². The van der Waals surface area contributed by atoms with Crippen LogP contribution in [0.2, 0.25) is 0 Å². The van der Waals surface area contributed by atoms with Crippen molar-refractivity contribution in [3.63, 3.8) is 0 Å². The van der Waals surface area contributed by atoms with Gasteiger partial charge in [-0.05, 0) is 13.8 Å². The molecule has 0 aromatic rings. The lowest BCUT2D eigenvalue weighted by Gasteiger charge is -2.16. The lowest BCUT2D eigenvalue weighted by molar-refractivity contribution is -0.638. The molecule has 0 heterocycles. The Balaban J connectivity index is 3.29. The molecule has 0 bridgehead atoms. The summed E-state index contributed by atoms with van der Waals surface area (Å²) in [6.45, 7) is 4.12. The minimum Gasteiger partial charge on any atom is -0.474 e. The van der Waals surface area contributed by atoms with E-state index in [2.05, 4.69) is 14.0 Å². The number of hydrogen-bond acceptors (Lipinski definition) is 1. The van der Waals surface area contributed by atoms with Crippen LogP contribution in [0.25, 0.3) is 0 Å². The highest BCUT2D eigenvalue weighted by molar-refractivity contribution is 4.53. The van der Waals surface area contributed by atoms with Crippen molar-refractivity contribution in [1.82, 2.24) is 0 Å². The van der Waals surface area contributed by atoms with Crippen LogP contribution in [-0.2, 0) is 4.74 Å². The first-order chi connectivity index (χ1) is 3.72. The second-order valence-corrected chi connectivity index (χ2v) is 2.04. The van der Waals surface area contributed by atoms with Crippen molar-refractivity contribution in [2.45, 2.75) is 26.0 Å². The predicted molar refractivity (Wildman–Crippen MR) is 33.2 cm³/mol. The number of methoxy groups -OCH3 is 1. The Kier molecular flexibility index (Phi) is 3.83. The van der Waals surface area contributed by atoms with Crippen molar-refractivity contribution in [2.24, 2.45) is 0 Å². The maximum absolute atomic E-state index is 5.03. The van der Waals surface area contributed by atoms with Crippen LogP contribution in [0.15, 0.2) is 0 Å². The van der Waals surface area contributed by atoms with Gasteiger partial charge in [-0.3, -0.25) is 0 Å². The van der Waals surface area contributed by atoms with E-state index >= 15 is 0 Å². The van der Waals surface area contributed by atoms with Crippen LogP contribution in [0.4, 0.5) is 0 Å². The maximum Gasteiger partial charge on any atom is 0.103 e. The van der Waals surface area contributed by atoms with Gasteiger partial charge < -0.3 is 10.1 Å². The summed E-state index contributed by atoms with van der Waals surface area (Å²) in [7, 11) is 5.36. The Morgan fingerprint density at radius 1 is 1.50 bits per heavy atom. The summed E-state index contributed by atoms with van der Waals surface area (Å²) in [5.41, 5.74) is 0. The van der Waals surface area contributed by atoms with E-state index in [9.17, 15) is 0 Å². The van der Waals surface area contributed by atoms with Gasteiger partial charge in [-0.1, -0.05) is 0 Å². The van der Waals surface area contributed by atoms with Crippen LogP contribution in [-0.4, -0.2) is 19.3 Å². The fourth-order valence-corrected chi connectivity index (χ4v) is 0.406. The van der Waals surface area contributed by atoms with Crippen molar-refractivity contribution >= 4 is 0 Å². The number of nitrogens with two attached hydrogens (primary N) is 1. The Bertz CT molecular complexity index is 48.5. The average molecular weight is 117 g/mol. The van der Waals surface area contributed by atoms with Gasteiger partial charge in [0.15, 0.2) is 0 Å². The molecule has 2 atom stereocenters. The molecule has 2 heteroatoms. The second kappa shape index (κ2) is 3.87. The molecule has 2 nitrogen and oxygen atoms in total. The van der Waals surface area contributed by atoms with E-state index in [0.717, 1.165) is 0 Å². The Labute approximate surface area is 51.2 Å². The number of hydrogen-bond donors (Lipinski definition) is 1. The number of quaternary nitrogens is 1. The number of rotatable bonds is 3. The van der Waals surface area contributed by atoms with Gasteiger partial charge in [-0.2, -0.15) is 7.05 Å². The van der Waals surface area contributed by atoms with Crippen LogP contribution >= 0.6 is 0 Å². The topological polar surface area (TPSA) is 25.8 Å². The van der Waals surface area contributed by atoms with E-state index in [-0.39, 0.29) is 0 Å². The van der Waals surface area contributed by atoms with Gasteiger partial charge in [0.2, 0.25) is 0 Å². The Morgan fingerprint density at radius 3 is 2.12 bits per heavy atom. The molecule has 0 rings (SSSR count). The Morgan fingerprint density at radius 2 is 2.00 bits per heavy atom. The van der Waals surface area contributed by atoms with Gasteiger partial charge in [0.05, 0.1) is 6.04 Å². The summed E-state index contributed by atoms with van der Waals surface area (Å²) >= 11 is 0. The smallest absolute Gasteiger partial charge is 0.103 e. The van der Waals surface area contributed by atoms with Gasteiger partial charge >= 0.3 is 0 Å². The molecular weight excluding hydrogens is 102 g/mol. The molecule has 0 aliphatic carbocycles. The third-order valence-electron chi connectivity index (χ3n) is 1.48. The summed E-state index contributed by atoms with van der Waals surface area (Å²) in [5.74, 6) is 0. The fourth-order valence-electron chi connectivity index (χ4n) is 0.406. The minimum atomic E-state index is 0.299.